The van der Waals surface area contributed by atoms with Crippen LogP contribution in [0.1, 0.15) is 30.9 Å². The number of hydrogen-bond donors (Lipinski definition) is 1. The van der Waals surface area contributed by atoms with Crippen LogP contribution in [0.4, 0.5) is 5.69 Å². The monoisotopic (exact) mass is 380 g/mol. The SMILES string of the molecule is CCOC(=O)[C@@H]1CCCN(CC(=O)Nc2ccccc2Cc2ccccc2)C1. The normalized spacial score (nSPS) is 17.1. The highest BCUT2D eigenvalue weighted by atomic mass is 16.5. The number of anilines is 1. The molecular formula is C23H28N2O3. The second-order valence-corrected chi connectivity index (χ2v) is 7.19. The third-order valence-electron chi connectivity index (χ3n) is 5.02. The number of amides is 1. The van der Waals surface area contributed by atoms with Gasteiger partial charge in [0, 0.05) is 12.2 Å². The van der Waals surface area contributed by atoms with E-state index >= 15 is 0 Å². The Morgan fingerprint density at radius 1 is 1.11 bits per heavy atom. The molecule has 0 saturated carbocycles. The molecule has 0 unspecified atom stereocenters. The summed E-state index contributed by atoms with van der Waals surface area (Å²) >= 11 is 0. The summed E-state index contributed by atoms with van der Waals surface area (Å²) < 4.78 is 5.14. The van der Waals surface area contributed by atoms with E-state index in [1.807, 2.05) is 54.3 Å². The van der Waals surface area contributed by atoms with Gasteiger partial charge in [0.05, 0.1) is 19.1 Å². The summed E-state index contributed by atoms with van der Waals surface area (Å²) in [6, 6.07) is 18.1. The molecule has 2 aromatic rings. The molecule has 1 saturated heterocycles. The predicted octanol–water partition coefficient (Wildman–Crippen LogP) is 3.49. The number of carbonyl (C=O) groups is 2. The summed E-state index contributed by atoms with van der Waals surface area (Å²) in [7, 11) is 0. The van der Waals surface area contributed by atoms with Gasteiger partial charge < -0.3 is 10.1 Å². The van der Waals surface area contributed by atoms with E-state index in [1.54, 1.807) is 0 Å². The average molecular weight is 380 g/mol. The van der Waals surface area contributed by atoms with E-state index in [-0.39, 0.29) is 24.3 Å². The van der Waals surface area contributed by atoms with E-state index in [2.05, 4.69) is 17.4 Å². The van der Waals surface area contributed by atoms with Gasteiger partial charge in [0.15, 0.2) is 0 Å². The highest BCUT2D eigenvalue weighted by Crippen LogP contribution is 2.20. The van der Waals surface area contributed by atoms with Crippen LogP contribution in [-0.4, -0.2) is 43.0 Å². The molecule has 0 spiro atoms. The van der Waals surface area contributed by atoms with Crippen molar-refractivity contribution in [3.63, 3.8) is 0 Å². The quantitative estimate of drug-likeness (QED) is 0.747. The third kappa shape index (κ3) is 5.67. The summed E-state index contributed by atoms with van der Waals surface area (Å²) in [5.41, 5.74) is 3.14. The summed E-state index contributed by atoms with van der Waals surface area (Å²) in [5, 5.41) is 3.05. The van der Waals surface area contributed by atoms with Crippen LogP contribution in [0.3, 0.4) is 0 Å². The van der Waals surface area contributed by atoms with Crippen molar-refractivity contribution in [2.24, 2.45) is 5.92 Å². The minimum Gasteiger partial charge on any atom is -0.466 e. The van der Waals surface area contributed by atoms with Crippen molar-refractivity contribution in [2.75, 3.05) is 31.6 Å². The Morgan fingerprint density at radius 3 is 2.64 bits per heavy atom. The number of para-hydroxylation sites is 1. The number of esters is 1. The van der Waals surface area contributed by atoms with Crippen molar-refractivity contribution in [1.29, 1.82) is 0 Å². The fraction of sp³-hybridized carbons (Fsp3) is 0.391. The van der Waals surface area contributed by atoms with Gasteiger partial charge in [-0.1, -0.05) is 48.5 Å². The molecule has 5 nitrogen and oxygen atoms in total. The average Bonchev–Trinajstić information content (AvgIpc) is 2.70. The van der Waals surface area contributed by atoms with E-state index in [9.17, 15) is 9.59 Å². The second kappa shape index (κ2) is 10.0. The molecule has 0 radical (unpaired) electrons. The molecule has 1 atom stereocenters. The Hall–Kier alpha value is -2.66. The van der Waals surface area contributed by atoms with Gasteiger partial charge in [-0.2, -0.15) is 0 Å². The standard InChI is InChI=1S/C23H28N2O3/c1-2-28-23(27)20-12-8-14-25(16-20)17-22(26)24-21-13-7-6-11-19(21)15-18-9-4-3-5-10-18/h3-7,9-11,13,20H,2,8,12,14-17H2,1H3,(H,24,26)/t20-/m1/s1. The van der Waals surface area contributed by atoms with Crippen LogP contribution in [0.15, 0.2) is 54.6 Å². The van der Waals surface area contributed by atoms with Gasteiger partial charge >= 0.3 is 5.97 Å². The lowest BCUT2D eigenvalue weighted by molar-refractivity contribution is -0.150. The second-order valence-electron chi connectivity index (χ2n) is 7.19. The molecular weight excluding hydrogens is 352 g/mol. The fourth-order valence-electron chi connectivity index (χ4n) is 3.66. The summed E-state index contributed by atoms with van der Waals surface area (Å²) in [6.45, 7) is 3.91. The minimum absolute atomic E-state index is 0.0509. The Labute approximate surface area is 166 Å². The lowest BCUT2D eigenvalue weighted by Gasteiger charge is -2.30. The Balaban J connectivity index is 1.58. The van der Waals surface area contributed by atoms with Crippen molar-refractivity contribution in [3.05, 3.63) is 65.7 Å². The zero-order chi connectivity index (χ0) is 19.8. The summed E-state index contributed by atoms with van der Waals surface area (Å²) in [4.78, 5) is 26.6. The molecule has 1 aliphatic heterocycles. The molecule has 2 aromatic carbocycles. The van der Waals surface area contributed by atoms with E-state index < -0.39 is 0 Å². The molecule has 1 aliphatic rings. The number of nitrogens with zero attached hydrogens (tertiary/aromatic N) is 1. The Bertz CT molecular complexity index is 791. The first-order valence-corrected chi connectivity index (χ1v) is 9.96. The molecule has 0 aliphatic carbocycles. The summed E-state index contributed by atoms with van der Waals surface area (Å²) in [6.07, 6.45) is 2.50. The number of carbonyl (C=O) groups excluding carboxylic acids is 2. The van der Waals surface area contributed by atoms with Crippen molar-refractivity contribution < 1.29 is 14.3 Å². The lowest BCUT2D eigenvalue weighted by atomic mass is 9.98. The smallest absolute Gasteiger partial charge is 0.310 e. The first-order valence-electron chi connectivity index (χ1n) is 9.96. The first kappa shape index (κ1) is 20.1. The molecule has 0 aromatic heterocycles. The number of ether oxygens (including phenoxy) is 1. The Kier molecular flexibility index (Phi) is 7.20. The topological polar surface area (TPSA) is 58.6 Å². The molecule has 28 heavy (non-hydrogen) atoms. The zero-order valence-electron chi connectivity index (χ0n) is 16.4. The minimum atomic E-state index is -0.152. The van der Waals surface area contributed by atoms with Crippen molar-refractivity contribution in [2.45, 2.75) is 26.2 Å². The predicted molar refractivity (Wildman–Crippen MR) is 110 cm³/mol. The van der Waals surface area contributed by atoms with Crippen LogP contribution in [0.25, 0.3) is 0 Å². The number of nitrogens with one attached hydrogen (secondary N) is 1. The van der Waals surface area contributed by atoms with Crippen molar-refractivity contribution in [1.82, 2.24) is 4.90 Å². The fourth-order valence-corrected chi connectivity index (χ4v) is 3.66. The maximum atomic E-state index is 12.6. The van der Waals surface area contributed by atoms with E-state index in [0.29, 0.717) is 13.2 Å². The van der Waals surface area contributed by atoms with E-state index in [4.69, 9.17) is 4.74 Å². The largest absolute Gasteiger partial charge is 0.466 e. The van der Waals surface area contributed by atoms with Crippen LogP contribution in [0.5, 0.6) is 0 Å². The highest BCUT2D eigenvalue weighted by molar-refractivity contribution is 5.93. The van der Waals surface area contributed by atoms with Crippen LogP contribution in [0.2, 0.25) is 0 Å². The van der Waals surface area contributed by atoms with Crippen LogP contribution >= 0.6 is 0 Å². The Morgan fingerprint density at radius 2 is 1.86 bits per heavy atom. The van der Waals surface area contributed by atoms with Gasteiger partial charge in [-0.25, -0.2) is 0 Å². The maximum absolute atomic E-state index is 12.6. The molecule has 148 valence electrons. The maximum Gasteiger partial charge on any atom is 0.310 e. The molecule has 1 amide bonds. The van der Waals surface area contributed by atoms with Crippen molar-refractivity contribution >= 4 is 17.6 Å². The van der Waals surface area contributed by atoms with Crippen LogP contribution < -0.4 is 5.32 Å². The first-order chi connectivity index (χ1) is 13.7. The lowest BCUT2D eigenvalue weighted by Crippen LogP contribution is -2.43. The number of benzene rings is 2. The number of likely N-dealkylation sites (tertiary alicyclic amines) is 1. The van der Waals surface area contributed by atoms with Crippen LogP contribution in [0, 0.1) is 5.92 Å². The van der Waals surface area contributed by atoms with Crippen LogP contribution in [-0.2, 0) is 20.7 Å². The number of rotatable bonds is 7. The molecule has 1 heterocycles. The van der Waals surface area contributed by atoms with Gasteiger partial charge in [-0.3, -0.25) is 14.5 Å². The molecule has 5 heteroatoms. The van der Waals surface area contributed by atoms with Crippen molar-refractivity contribution in [3.8, 4) is 0 Å². The number of hydrogen-bond acceptors (Lipinski definition) is 4. The van der Waals surface area contributed by atoms with Gasteiger partial charge in [0.1, 0.15) is 0 Å². The third-order valence-corrected chi connectivity index (χ3v) is 5.02. The van der Waals surface area contributed by atoms with E-state index in [1.165, 1.54) is 5.56 Å². The zero-order valence-corrected chi connectivity index (χ0v) is 16.4. The number of piperidine rings is 1. The van der Waals surface area contributed by atoms with Gasteiger partial charge in [-0.15, -0.1) is 0 Å². The van der Waals surface area contributed by atoms with Gasteiger partial charge in [0.25, 0.3) is 0 Å². The molecule has 3 rings (SSSR count). The molecule has 1 N–H and O–H groups in total. The molecule has 1 fully saturated rings. The summed E-state index contributed by atoms with van der Waals surface area (Å²) in [5.74, 6) is -0.335. The highest BCUT2D eigenvalue weighted by Gasteiger charge is 2.27. The van der Waals surface area contributed by atoms with Gasteiger partial charge in [0.2, 0.25) is 5.91 Å². The van der Waals surface area contributed by atoms with Gasteiger partial charge in [-0.05, 0) is 49.9 Å². The van der Waals surface area contributed by atoms with E-state index in [0.717, 1.165) is 37.1 Å². The molecule has 0 bridgehead atoms.